The molecule has 2 heterocycles. The minimum absolute atomic E-state index is 0.151. The molecule has 0 N–H and O–H groups in total. The number of benzene rings is 1. The first kappa shape index (κ1) is 20.5. The van der Waals surface area contributed by atoms with Crippen LogP contribution in [-0.4, -0.2) is 53.0 Å². The van der Waals surface area contributed by atoms with Gasteiger partial charge < -0.3 is 9.80 Å². The maximum absolute atomic E-state index is 12.8. The normalized spacial score (nSPS) is 21.5. The Hall–Kier alpha value is -1.79. The molecule has 1 aliphatic heterocycles. The van der Waals surface area contributed by atoms with Gasteiger partial charge in [-0.3, -0.25) is 9.59 Å². The first-order valence-electron chi connectivity index (χ1n) is 10.4. The molecule has 2 aromatic rings. The number of thioether (sulfide) groups is 1. The largest absolute Gasteiger partial charge is 0.339 e. The Morgan fingerprint density at radius 1 is 1.07 bits per heavy atom. The van der Waals surface area contributed by atoms with Gasteiger partial charge in [0, 0.05) is 53.0 Å². The summed E-state index contributed by atoms with van der Waals surface area (Å²) >= 11 is 3.58. The summed E-state index contributed by atoms with van der Waals surface area (Å²) in [6, 6.07) is 12.5. The summed E-state index contributed by atoms with van der Waals surface area (Å²) in [5.74, 6) is 0.995. The molecular formula is C23H28N2O2S2. The minimum Gasteiger partial charge on any atom is -0.339 e. The van der Waals surface area contributed by atoms with E-state index in [2.05, 4.69) is 55.6 Å². The standard InChI is InChI=1S/C23H28N2O2S2/c1-16(2)29-18-7-5-17(6-8-18)14-22(26)24-9-11-25(12-10-24)23(27)20-15-19(20)21-4-3-13-28-21/h3-8,13,16,19-20H,9-12,14-15H2,1-2H3. The van der Waals surface area contributed by atoms with Crippen molar-refractivity contribution in [3.8, 4) is 0 Å². The first-order valence-corrected chi connectivity index (χ1v) is 12.1. The zero-order valence-electron chi connectivity index (χ0n) is 17.0. The Labute approximate surface area is 181 Å². The fraction of sp³-hybridized carbons (Fsp3) is 0.478. The van der Waals surface area contributed by atoms with Crippen LogP contribution in [0.15, 0.2) is 46.7 Å². The molecule has 1 aromatic carbocycles. The molecule has 154 valence electrons. The Kier molecular flexibility index (Phi) is 6.30. The Morgan fingerprint density at radius 2 is 1.76 bits per heavy atom. The van der Waals surface area contributed by atoms with Crippen LogP contribution in [0.1, 0.15) is 36.6 Å². The van der Waals surface area contributed by atoms with Gasteiger partial charge in [-0.1, -0.05) is 32.0 Å². The lowest BCUT2D eigenvalue weighted by Crippen LogP contribution is -2.51. The molecule has 2 aliphatic rings. The molecule has 2 unspecified atom stereocenters. The van der Waals surface area contributed by atoms with E-state index in [0.717, 1.165) is 12.0 Å². The third-order valence-corrected chi connectivity index (χ3v) is 7.63. The lowest BCUT2D eigenvalue weighted by molar-refractivity contribution is -0.140. The van der Waals surface area contributed by atoms with Crippen molar-refractivity contribution in [2.45, 2.75) is 42.8 Å². The van der Waals surface area contributed by atoms with Crippen LogP contribution in [0, 0.1) is 5.92 Å². The van der Waals surface area contributed by atoms with E-state index in [4.69, 9.17) is 0 Å². The number of nitrogens with zero attached hydrogens (tertiary/aromatic N) is 2. The minimum atomic E-state index is 0.151. The SMILES string of the molecule is CC(C)Sc1ccc(CC(=O)N2CCN(C(=O)C3CC3c3cccs3)CC2)cc1. The van der Waals surface area contributed by atoms with Gasteiger partial charge in [-0.15, -0.1) is 23.1 Å². The zero-order valence-corrected chi connectivity index (χ0v) is 18.7. The number of amides is 2. The van der Waals surface area contributed by atoms with Gasteiger partial charge >= 0.3 is 0 Å². The molecule has 0 bridgehead atoms. The summed E-state index contributed by atoms with van der Waals surface area (Å²) in [6.07, 6.45) is 1.41. The van der Waals surface area contributed by atoms with Gasteiger partial charge in [-0.05, 0) is 35.6 Å². The van der Waals surface area contributed by atoms with Crippen molar-refractivity contribution in [1.82, 2.24) is 9.80 Å². The zero-order chi connectivity index (χ0) is 20.4. The third kappa shape index (κ3) is 5.04. The highest BCUT2D eigenvalue weighted by atomic mass is 32.2. The van der Waals surface area contributed by atoms with Crippen molar-refractivity contribution in [1.29, 1.82) is 0 Å². The summed E-state index contributed by atoms with van der Waals surface area (Å²) in [5, 5.41) is 2.63. The van der Waals surface area contributed by atoms with Gasteiger partial charge in [0.25, 0.3) is 0 Å². The number of carbonyl (C=O) groups excluding carboxylic acids is 2. The van der Waals surface area contributed by atoms with Gasteiger partial charge in [0.15, 0.2) is 0 Å². The molecule has 2 fully saturated rings. The second kappa shape index (κ2) is 8.92. The average molecular weight is 429 g/mol. The van der Waals surface area contributed by atoms with Crippen molar-refractivity contribution in [3.05, 3.63) is 52.2 Å². The summed E-state index contributed by atoms with van der Waals surface area (Å²) in [7, 11) is 0. The van der Waals surface area contributed by atoms with Crippen molar-refractivity contribution in [2.24, 2.45) is 5.92 Å². The fourth-order valence-electron chi connectivity index (χ4n) is 3.94. The van der Waals surface area contributed by atoms with Crippen molar-refractivity contribution in [2.75, 3.05) is 26.2 Å². The molecule has 4 rings (SSSR count). The van der Waals surface area contributed by atoms with E-state index in [9.17, 15) is 9.59 Å². The van der Waals surface area contributed by atoms with Crippen molar-refractivity contribution in [3.63, 3.8) is 0 Å². The quantitative estimate of drug-likeness (QED) is 0.646. The summed E-state index contributed by atoms with van der Waals surface area (Å²) in [4.78, 5) is 31.9. The molecule has 2 atom stereocenters. The highest BCUT2D eigenvalue weighted by Gasteiger charge is 2.46. The number of thiophene rings is 1. The molecule has 29 heavy (non-hydrogen) atoms. The van der Waals surface area contributed by atoms with Gasteiger partial charge in [-0.25, -0.2) is 0 Å². The van der Waals surface area contributed by atoms with Crippen LogP contribution in [-0.2, 0) is 16.0 Å². The van der Waals surface area contributed by atoms with E-state index in [1.54, 1.807) is 11.3 Å². The van der Waals surface area contributed by atoms with E-state index in [1.807, 2.05) is 21.6 Å². The molecule has 1 saturated carbocycles. The number of piperazine rings is 1. The van der Waals surface area contributed by atoms with E-state index in [0.29, 0.717) is 43.8 Å². The van der Waals surface area contributed by atoms with E-state index >= 15 is 0 Å². The molecule has 1 saturated heterocycles. The second-order valence-electron chi connectivity index (χ2n) is 8.16. The Bertz CT molecular complexity index is 840. The maximum Gasteiger partial charge on any atom is 0.227 e. The predicted octanol–water partition coefficient (Wildman–Crippen LogP) is 4.27. The lowest BCUT2D eigenvalue weighted by Gasteiger charge is -2.35. The van der Waals surface area contributed by atoms with Gasteiger partial charge in [0.1, 0.15) is 0 Å². The van der Waals surface area contributed by atoms with Crippen LogP contribution in [0.2, 0.25) is 0 Å². The van der Waals surface area contributed by atoms with Gasteiger partial charge in [-0.2, -0.15) is 0 Å². The molecular weight excluding hydrogens is 400 g/mol. The van der Waals surface area contributed by atoms with E-state index in [1.165, 1.54) is 9.77 Å². The second-order valence-corrected chi connectivity index (χ2v) is 10.8. The molecule has 1 aromatic heterocycles. The third-order valence-electron chi connectivity index (χ3n) is 5.61. The van der Waals surface area contributed by atoms with Crippen LogP contribution in [0.4, 0.5) is 0 Å². The monoisotopic (exact) mass is 428 g/mol. The van der Waals surface area contributed by atoms with Crippen LogP contribution >= 0.6 is 23.1 Å². The molecule has 4 nitrogen and oxygen atoms in total. The fourth-order valence-corrected chi connectivity index (χ4v) is 5.68. The van der Waals surface area contributed by atoms with Gasteiger partial charge in [0.2, 0.25) is 11.8 Å². The van der Waals surface area contributed by atoms with Crippen LogP contribution in [0.3, 0.4) is 0 Å². The summed E-state index contributed by atoms with van der Waals surface area (Å²) in [6.45, 7) is 6.95. The van der Waals surface area contributed by atoms with E-state index in [-0.39, 0.29) is 17.7 Å². The number of hydrogen-bond acceptors (Lipinski definition) is 4. The van der Waals surface area contributed by atoms with Crippen LogP contribution in [0.5, 0.6) is 0 Å². The van der Waals surface area contributed by atoms with Gasteiger partial charge in [0.05, 0.1) is 6.42 Å². The maximum atomic E-state index is 12.8. The number of hydrogen-bond donors (Lipinski definition) is 0. The average Bonchev–Trinajstić information content (AvgIpc) is 3.33. The van der Waals surface area contributed by atoms with Crippen LogP contribution in [0.25, 0.3) is 0 Å². The summed E-state index contributed by atoms with van der Waals surface area (Å²) in [5.41, 5.74) is 1.05. The predicted molar refractivity (Wildman–Crippen MR) is 119 cm³/mol. The molecule has 6 heteroatoms. The smallest absolute Gasteiger partial charge is 0.227 e. The number of carbonyl (C=O) groups is 2. The van der Waals surface area contributed by atoms with Crippen molar-refractivity contribution >= 4 is 34.9 Å². The van der Waals surface area contributed by atoms with E-state index < -0.39 is 0 Å². The lowest BCUT2D eigenvalue weighted by atomic mass is 10.1. The topological polar surface area (TPSA) is 40.6 Å². The number of rotatable bonds is 6. The molecule has 2 amide bonds. The first-order chi connectivity index (χ1) is 14.0. The summed E-state index contributed by atoms with van der Waals surface area (Å²) < 4.78 is 0. The Balaban J connectivity index is 1.24. The highest BCUT2D eigenvalue weighted by molar-refractivity contribution is 7.99. The highest BCUT2D eigenvalue weighted by Crippen LogP contribution is 2.50. The molecule has 0 radical (unpaired) electrons. The molecule has 0 spiro atoms. The van der Waals surface area contributed by atoms with Crippen LogP contribution < -0.4 is 0 Å². The molecule has 1 aliphatic carbocycles. The Morgan fingerprint density at radius 3 is 2.38 bits per heavy atom. The van der Waals surface area contributed by atoms with Crippen molar-refractivity contribution < 1.29 is 9.59 Å².